The molecule has 9 heteroatoms. The van der Waals surface area contributed by atoms with Crippen LogP contribution in [0.25, 0.3) is 0 Å². The van der Waals surface area contributed by atoms with Gasteiger partial charge in [-0.15, -0.1) is 0 Å². The summed E-state index contributed by atoms with van der Waals surface area (Å²) >= 11 is 0. The van der Waals surface area contributed by atoms with Crippen molar-refractivity contribution in [1.82, 2.24) is 9.62 Å². The molecule has 35 heavy (non-hydrogen) atoms. The molecule has 184 valence electrons. The summed E-state index contributed by atoms with van der Waals surface area (Å²) in [6.45, 7) is 0.376. The molecule has 1 aliphatic rings. The van der Waals surface area contributed by atoms with Crippen LogP contribution in [0.1, 0.15) is 16.7 Å². The van der Waals surface area contributed by atoms with E-state index in [1.54, 1.807) is 20.3 Å². The lowest BCUT2D eigenvalue weighted by Crippen LogP contribution is -2.52. The minimum absolute atomic E-state index is 0.0543. The molecule has 0 bridgehead atoms. The quantitative estimate of drug-likeness (QED) is 0.515. The number of amides is 1. The van der Waals surface area contributed by atoms with Crippen LogP contribution < -0.4 is 14.8 Å². The summed E-state index contributed by atoms with van der Waals surface area (Å²) in [5, 5.41) is 2.88. The molecule has 1 atom stereocenters. The third-order valence-electron chi connectivity index (χ3n) is 6.09. The first-order chi connectivity index (χ1) is 16.8. The predicted octanol–water partition coefficient (Wildman–Crippen LogP) is 3.32. The molecule has 3 aromatic rings. The highest BCUT2D eigenvalue weighted by Crippen LogP contribution is 2.30. The SMILES string of the molecule is COc1ccc(CCNC(=O)[C@@H]2Cc3ccccc3CN2S(=O)(=O)c2ccc(F)cc2)cc1OC. The Kier molecular flexibility index (Phi) is 7.37. The summed E-state index contributed by atoms with van der Waals surface area (Å²) in [7, 11) is -0.917. The van der Waals surface area contributed by atoms with E-state index >= 15 is 0 Å². The average Bonchev–Trinajstić information content (AvgIpc) is 2.88. The highest BCUT2D eigenvalue weighted by atomic mass is 32.2. The van der Waals surface area contributed by atoms with Gasteiger partial charge in [0.2, 0.25) is 15.9 Å². The van der Waals surface area contributed by atoms with E-state index in [9.17, 15) is 17.6 Å². The molecular formula is C26H27FN2O5S. The van der Waals surface area contributed by atoms with Crippen molar-refractivity contribution in [3.05, 3.63) is 89.2 Å². The molecule has 0 aliphatic carbocycles. The van der Waals surface area contributed by atoms with Crippen LogP contribution in [0.3, 0.4) is 0 Å². The fraction of sp³-hybridized carbons (Fsp3) is 0.269. The summed E-state index contributed by atoms with van der Waals surface area (Å²) in [6.07, 6.45) is 0.777. The van der Waals surface area contributed by atoms with E-state index in [0.29, 0.717) is 24.5 Å². The Morgan fingerprint density at radius 3 is 2.37 bits per heavy atom. The molecule has 0 unspecified atom stereocenters. The number of halogens is 1. The maximum atomic E-state index is 13.4. The maximum Gasteiger partial charge on any atom is 0.244 e. The highest BCUT2D eigenvalue weighted by Gasteiger charge is 2.39. The summed E-state index contributed by atoms with van der Waals surface area (Å²) in [5.41, 5.74) is 2.71. The van der Waals surface area contributed by atoms with Crippen LogP contribution in [-0.4, -0.2) is 45.4 Å². The number of nitrogens with one attached hydrogen (secondary N) is 1. The van der Waals surface area contributed by atoms with Gasteiger partial charge in [0, 0.05) is 13.1 Å². The number of rotatable bonds is 8. The third-order valence-corrected chi connectivity index (χ3v) is 7.96. The van der Waals surface area contributed by atoms with Crippen LogP contribution in [0.4, 0.5) is 4.39 Å². The van der Waals surface area contributed by atoms with Gasteiger partial charge >= 0.3 is 0 Å². The van der Waals surface area contributed by atoms with Crippen molar-refractivity contribution < 1.29 is 27.1 Å². The molecule has 0 saturated carbocycles. The fourth-order valence-electron chi connectivity index (χ4n) is 4.20. The average molecular weight is 499 g/mol. The topological polar surface area (TPSA) is 84.9 Å². The Labute approximate surface area is 204 Å². The zero-order valence-electron chi connectivity index (χ0n) is 19.5. The second-order valence-electron chi connectivity index (χ2n) is 8.22. The van der Waals surface area contributed by atoms with Gasteiger partial charge in [-0.3, -0.25) is 4.79 Å². The lowest BCUT2D eigenvalue weighted by atomic mass is 9.95. The second-order valence-corrected chi connectivity index (χ2v) is 10.1. The Morgan fingerprint density at radius 2 is 1.69 bits per heavy atom. The summed E-state index contributed by atoms with van der Waals surface area (Å²) in [4.78, 5) is 13.2. The fourth-order valence-corrected chi connectivity index (χ4v) is 5.77. The first-order valence-electron chi connectivity index (χ1n) is 11.2. The molecule has 1 amide bonds. The van der Waals surface area contributed by atoms with Gasteiger partial charge in [-0.2, -0.15) is 4.31 Å². The van der Waals surface area contributed by atoms with Gasteiger partial charge in [-0.05, 0) is 65.9 Å². The number of carbonyl (C=O) groups is 1. The molecule has 0 radical (unpaired) electrons. The van der Waals surface area contributed by atoms with E-state index in [-0.39, 0.29) is 23.8 Å². The van der Waals surface area contributed by atoms with E-state index < -0.39 is 21.9 Å². The first kappa shape index (κ1) is 24.7. The minimum Gasteiger partial charge on any atom is -0.493 e. The summed E-state index contributed by atoms with van der Waals surface area (Å²) in [5.74, 6) is 0.294. The molecule has 1 aliphatic heterocycles. The van der Waals surface area contributed by atoms with Crippen molar-refractivity contribution in [2.75, 3.05) is 20.8 Å². The lowest BCUT2D eigenvalue weighted by Gasteiger charge is -2.35. The van der Waals surface area contributed by atoms with Gasteiger partial charge in [0.05, 0.1) is 19.1 Å². The van der Waals surface area contributed by atoms with Crippen LogP contribution >= 0.6 is 0 Å². The molecule has 4 rings (SSSR count). The number of fused-ring (bicyclic) bond motifs is 1. The van der Waals surface area contributed by atoms with Crippen molar-refractivity contribution in [2.24, 2.45) is 0 Å². The van der Waals surface area contributed by atoms with Crippen molar-refractivity contribution in [1.29, 1.82) is 0 Å². The van der Waals surface area contributed by atoms with E-state index in [1.807, 2.05) is 36.4 Å². The Morgan fingerprint density at radius 1 is 1.00 bits per heavy atom. The van der Waals surface area contributed by atoms with Gasteiger partial charge in [0.15, 0.2) is 11.5 Å². The second kappa shape index (κ2) is 10.5. The Hall–Kier alpha value is -3.43. The standard InChI is InChI=1S/C26H27FN2O5S/c1-33-24-12-7-18(15-25(24)34-2)13-14-28-26(30)23-16-19-5-3-4-6-20(19)17-29(23)35(31,32)22-10-8-21(27)9-11-22/h3-12,15,23H,13-14,16-17H2,1-2H3,(H,28,30)/t23-/m0/s1. The van der Waals surface area contributed by atoms with Crippen molar-refractivity contribution in [3.63, 3.8) is 0 Å². The van der Waals surface area contributed by atoms with Gasteiger partial charge in [0.25, 0.3) is 0 Å². The first-order valence-corrected chi connectivity index (χ1v) is 12.6. The monoisotopic (exact) mass is 498 g/mol. The Bertz CT molecular complexity index is 1310. The smallest absolute Gasteiger partial charge is 0.244 e. The number of hydrogen-bond acceptors (Lipinski definition) is 5. The van der Waals surface area contributed by atoms with E-state index in [2.05, 4.69) is 5.32 Å². The van der Waals surface area contributed by atoms with E-state index in [1.165, 1.54) is 16.4 Å². The van der Waals surface area contributed by atoms with Gasteiger partial charge < -0.3 is 14.8 Å². The molecule has 1 N–H and O–H groups in total. The van der Waals surface area contributed by atoms with Gasteiger partial charge in [-0.25, -0.2) is 12.8 Å². The Balaban J connectivity index is 1.53. The summed E-state index contributed by atoms with van der Waals surface area (Å²) in [6, 6.07) is 16.7. The number of benzene rings is 3. The van der Waals surface area contributed by atoms with Crippen LogP contribution in [0.5, 0.6) is 11.5 Å². The molecule has 0 aromatic heterocycles. The van der Waals surface area contributed by atoms with Crippen molar-refractivity contribution in [2.45, 2.75) is 30.3 Å². The normalized spacial score (nSPS) is 15.8. The third kappa shape index (κ3) is 5.31. The van der Waals surface area contributed by atoms with Crippen LogP contribution in [-0.2, 0) is 34.2 Å². The number of nitrogens with zero attached hydrogens (tertiary/aromatic N) is 1. The summed E-state index contributed by atoms with van der Waals surface area (Å²) < 4.78 is 52.1. The molecule has 0 fully saturated rings. The van der Waals surface area contributed by atoms with Gasteiger partial charge in [-0.1, -0.05) is 30.3 Å². The molecule has 0 spiro atoms. The number of methoxy groups -OCH3 is 2. The lowest BCUT2D eigenvalue weighted by molar-refractivity contribution is -0.125. The number of ether oxygens (including phenoxy) is 2. The van der Waals surface area contributed by atoms with Crippen molar-refractivity contribution >= 4 is 15.9 Å². The predicted molar refractivity (Wildman–Crippen MR) is 129 cm³/mol. The zero-order valence-corrected chi connectivity index (χ0v) is 20.3. The number of carbonyl (C=O) groups excluding carboxylic acids is 1. The number of hydrogen-bond donors (Lipinski definition) is 1. The molecule has 3 aromatic carbocycles. The largest absolute Gasteiger partial charge is 0.493 e. The van der Waals surface area contributed by atoms with Crippen LogP contribution in [0.2, 0.25) is 0 Å². The molecule has 0 saturated heterocycles. The maximum absolute atomic E-state index is 13.4. The highest BCUT2D eigenvalue weighted by molar-refractivity contribution is 7.89. The number of sulfonamides is 1. The molecule has 1 heterocycles. The van der Waals surface area contributed by atoms with E-state index in [0.717, 1.165) is 28.8 Å². The van der Waals surface area contributed by atoms with Gasteiger partial charge in [0.1, 0.15) is 11.9 Å². The van der Waals surface area contributed by atoms with E-state index in [4.69, 9.17) is 9.47 Å². The molecular weight excluding hydrogens is 471 g/mol. The van der Waals surface area contributed by atoms with Crippen LogP contribution in [0, 0.1) is 5.82 Å². The molecule has 7 nitrogen and oxygen atoms in total. The minimum atomic E-state index is -4.03. The van der Waals surface area contributed by atoms with Crippen molar-refractivity contribution in [3.8, 4) is 11.5 Å². The van der Waals surface area contributed by atoms with Crippen LogP contribution in [0.15, 0.2) is 71.6 Å². The zero-order chi connectivity index (χ0) is 25.0.